The topological polar surface area (TPSA) is 68.0 Å². The van der Waals surface area contributed by atoms with Crippen molar-refractivity contribution in [3.05, 3.63) is 30.1 Å². The SMILES string of the molecule is CC(C)CC(CN)CC(=O)NCCc1ccccn1. The van der Waals surface area contributed by atoms with Gasteiger partial charge in [0.05, 0.1) is 0 Å². The first-order valence-electron chi connectivity index (χ1n) is 6.98. The number of hydrogen-bond donors (Lipinski definition) is 2. The molecule has 0 aliphatic rings. The van der Waals surface area contributed by atoms with Gasteiger partial charge >= 0.3 is 0 Å². The minimum atomic E-state index is 0.0898. The fourth-order valence-corrected chi connectivity index (χ4v) is 2.14. The molecule has 0 aliphatic heterocycles. The summed E-state index contributed by atoms with van der Waals surface area (Å²) in [6, 6.07) is 5.81. The Kier molecular flexibility index (Phi) is 7.11. The van der Waals surface area contributed by atoms with Crippen LogP contribution in [0.2, 0.25) is 0 Å². The van der Waals surface area contributed by atoms with E-state index in [-0.39, 0.29) is 11.8 Å². The average molecular weight is 263 g/mol. The quantitative estimate of drug-likeness (QED) is 0.751. The van der Waals surface area contributed by atoms with Crippen molar-refractivity contribution >= 4 is 5.91 Å². The summed E-state index contributed by atoms with van der Waals surface area (Å²) in [5.74, 6) is 0.955. The fourth-order valence-electron chi connectivity index (χ4n) is 2.14. The summed E-state index contributed by atoms with van der Waals surface area (Å²) in [6.07, 6.45) is 4.06. The molecule has 1 unspecified atom stereocenters. The van der Waals surface area contributed by atoms with E-state index in [0.717, 1.165) is 18.5 Å². The molecule has 19 heavy (non-hydrogen) atoms. The largest absolute Gasteiger partial charge is 0.356 e. The van der Waals surface area contributed by atoms with E-state index in [1.165, 1.54) is 0 Å². The van der Waals surface area contributed by atoms with Crippen LogP contribution in [-0.4, -0.2) is 24.0 Å². The number of nitrogens with zero attached hydrogens (tertiary/aromatic N) is 1. The molecular formula is C15H25N3O. The molecule has 0 bridgehead atoms. The zero-order chi connectivity index (χ0) is 14.1. The first kappa shape index (κ1) is 15.6. The van der Waals surface area contributed by atoms with Gasteiger partial charge in [0.2, 0.25) is 5.91 Å². The molecule has 0 spiro atoms. The highest BCUT2D eigenvalue weighted by Gasteiger charge is 2.13. The van der Waals surface area contributed by atoms with Crippen LogP contribution >= 0.6 is 0 Å². The molecule has 1 aromatic heterocycles. The molecule has 0 radical (unpaired) electrons. The van der Waals surface area contributed by atoms with Gasteiger partial charge in [-0.15, -0.1) is 0 Å². The van der Waals surface area contributed by atoms with Gasteiger partial charge in [0.15, 0.2) is 0 Å². The van der Waals surface area contributed by atoms with Crippen molar-refractivity contribution in [3.63, 3.8) is 0 Å². The van der Waals surface area contributed by atoms with Crippen LogP contribution in [0.5, 0.6) is 0 Å². The summed E-state index contributed by atoms with van der Waals surface area (Å²) in [7, 11) is 0. The number of carbonyl (C=O) groups is 1. The normalized spacial score (nSPS) is 12.4. The highest BCUT2D eigenvalue weighted by Crippen LogP contribution is 2.13. The molecule has 0 saturated heterocycles. The Morgan fingerprint density at radius 3 is 2.79 bits per heavy atom. The second kappa shape index (κ2) is 8.64. The van der Waals surface area contributed by atoms with Gasteiger partial charge in [-0.25, -0.2) is 0 Å². The highest BCUT2D eigenvalue weighted by molar-refractivity contribution is 5.76. The van der Waals surface area contributed by atoms with Gasteiger partial charge in [-0.1, -0.05) is 19.9 Å². The molecule has 1 atom stereocenters. The van der Waals surface area contributed by atoms with Crippen molar-refractivity contribution in [3.8, 4) is 0 Å². The molecule has 3 N–H and O–H groups in total. The molecular weight excluding hydrogens is 238 g/mol. The molecule has 1 amide bonds. The predicted octanol–water partition coefficient (Wildman–Crippen LogP) is 1.75. The van der Waals surface area contributed by atoms with Crippen molar-refractivity contribution in [1.29, 1.82) is 0 Å². The van der Waals surface area contributed by atoms with E-state index in [9.17, 15) is 4.79 Å². The molecule has 0 aromatic carbocycles. The van der Waals surface area contributed by atoms with Crippen LogP contribution in [0.1, 0.15) is 32.4 Å². The summed E-state index contributed by atoms with van der Waals surface area (Å²) in [5, 5.41) is 2.93. The van der Waals surface area contributed by atoms with E-state index < -0.39 is 0 Å². The maximum absolute atomic E-state index is 11.8. The summed E-state index contributed by atoms with van der Waals surface area (Å²) < 4.78 is 0. The molecule has 4 heteroatoms. The molecule has 1 heterocycles. The van der Waals surface area contributed by atoms with Gasteiger partial charge in [-0.2, -0.15) is 0 Å². The van der Waals surface area contributed by atoms with E-state index in [4.69, 9.17) is 5.73 Å². The average Bonchev–Trinajstić information content (AvgIpc) is 2.38. The lowest BCUT2D eigenvalue weighted by Crippen LogP contribution is -2.30. The Bertz CT molecular complexity index is 365. The Morgan fingerprint density at radius 1 is 1.42 bits per heavy atom. The second-order valence-electron chi connectivity index (χ2n) is 5.36. The van der Waals surface area contributed by atoms with Gasteiger partial charge in [0.25, 0.3) is 0 Å². The standard InChI is InChI=1S/C15H25N3O/c1-12(2)9-13(11-16)10-15(19)18-8-6-14-5-3-4-7-17-14/h3-5,7,12-13H,6,8-11,16H2,1-2H3,(H,18,19). The number of nitrogens with one attached hydrogen (secondary N) is 1. The minimum absolute atomic E-state index is 0.0898. The minimum Gasteiger partial charge on any atom is -0.356 e. The van der Waals surface area contributed by atoms with Gasteiger partial charge in [0, 0.05) is 31.3 Å². The lowest BCUT2D eigenvalue weighted by atomic mass is 9.94. The Morgan fingerprint density at radius 2 is 2.21 bits per heavy atom. The lowest BCUT2D eigenvalue weighted by molar-refractivity contribution is -0.122. The monoisotopic (exact) mass is 263 g/mol. The van der Waals surface area contributed by atoms with Gasteiger partial charge in [-0.3, -0.25) is 9.78 Å². The van der Waals surface area contributed by atoms with Crippen molar-refractivity contribution in [1.82, 2.24) is 10.3 Å². The predicted molar refractivity (Wildman–Crippen MR) is 77.6 cm³/mol. The first-order chi connectivity index (χ1) is 9.11. The van der Waals surface area contributed by atoms with Crippen molar-refractivity contribution in [2.24, 2.45) is 17.6 Å². The summed E-state index contributed by atoms with van der Waals surface area (Å²) in [4.78, 5) is 16.0. The third-order valence-electron chi connectivity index (χ3n) is 3.04. The maximum atomic E-state index is 11.8. The molecule has 0 saturated carbocycles. The fraction of sp³-hybridized carbons (Fsp3) is 0.600. The number of amides is 1. The summed E-state index contributed by atoms with van der Waals surface area (Å²) in [5.41, 5.74) is 6.70. The summed E-state index contributed by atoms with van der Waals surface area (Å²) >= 11 is 0. The van der Waals surface area contributed by atoms with Crippen molar-refractivity contribution < 1.29 is 4.79 Å². The Labute approximate surface area is 115 Å². The van der Waals surface area contributed by atoms with Crippen LogP contribution in [0.4, 0.5) is 0 Å². The molecule has 106 valence electrons. The smallest absolute Gasteiger partial charge is 0.220 e. The third-order valence-corrected chi connectivity index (χ3v) is 3.04. The van der Waals surface area contributed by atoms with E-state index in [1.807, 2.05) is 18.2 Å². The second-order valence-corrected chi connectivity index (χ2v) is 5.36. The van der Waals surface area contributed by atoms with Gasteiger partial charge in [0.1, 0.15) is 0 Å². The zero-order valence-corrected chi connectivity index (χ0v) is 11.9. The molecule has 1 aromatic rings. The van der Waals surface area contributed by atoms with Gasteiger partial charge in [-0.05, 0) is 36.9 Å². The highest BCUT2D eigenvalue weighted by atomic mass is 16.1. The number of pyridine rings is 1. The van der Waals surface area contributed by atoms with E-state index >= 15 is 0 Å². The Hall–Kier alpha value is -1.42. The van der Waals surface area contributed by atoms with E-state index in [1.54, 1.807) is 6.20 Å². The van der Waals surface area contributed by atoms with Crippen LogP contribution in [0.3, 0.4) is 0 Å². The zero-order valence-electron chi connectivity index (χ0n) is 11.9. The first-order valence-corrected chi connectivity index (χ1v) is 6.98. The van der Waals surface area contributed by atoms with Crippen molar-refractivity contribution in [2.45, 2.75) is 33.1 Å². The van der Waals surface area contributed by atoms with Crippen LogP contribution in [0.15, 0.2) is 24.4 Å². The number of rotatable bonds is 8. The molecule has 1 rings (SSSR count). The lowest BCUT2D eigenvalue weighted by Gasteiger charge is -2.16. The van der Waals surface area contributed by atoms with Gasteiger partial charge < -0.3 is 11.1 Å². The van der Waals surface area contributed by atoms with Crippen LogP contribution < -0.4 is 11.1 Å². The Balaban J connectivity index is 2.23. The summed E-state index contributed by atoms with van der Waals surface area (Å²) in [6.45, 7) is 5.52. The van der Waals surface area contributed by atoms with E-state index in [2.05, 4.69) is 24.1 Å². The maximum Gasteiger partial charge on any atom is 0.220 e. The molecule has 0 aliphatic carbocycles. The van der Waals surface area contributed by atoms with Crippen LogP contribution in [0, 0.1) is 11.8 Å². The van der Waals surface area contributed by atoms with Crippen LogP contribution in [-0.2, 0) is 11.2 Å². The number of nitrogens with two attached hydrogens (primary N) is 1. The number of aromatic nitrogens is 1. The molecule has 0 fully saturated rings. The number of hydrogen-bond acceptors (Lipinski definition) is 3. The third kappa shape index (κ3) is 6.91. The molecule has 4 nitrogen and oxygen atoms in total. The van der Waals surface area contributed by atoms with Crippen LogP contribution in [0.25, 0.3) is 0 Å². The van der Waals surface area contributed by atoms with Crippen molar-refractivity contribution in [2.75, 3.05) is 13.1 Å². The van der Waals surface area contributed by atoms with E-state index in [0.29, 0.717) is 25.4 Å². The number of carbonyl (C=O) groups excluding carboxylic acids is 1.